The van der Waals surface area contributed by atoms with Gasteiger partial charge in [-0.3, -0.25) is 9.48 Å². The van der Waals surface area contributed by atoms with E-state index in [1.54, 1.807) is 11.1 Å². The van der Waals surface area contributed by atoms with Crippen LogP contribution in [0.5, 0.6) is 5.75 Å². The summed E-state index contributed by atoms with van der Waals surface area (Å²) in [5, 5.41) is 7.63. The molecule has 1 aromatic carbocycles. The summed E-state index contributed by atoms with van der Waals surface area (Å²) < 4.78 is 44.2. The van der Waals surface area contributed by atoms with E-state index in [9.17, 15) is 9.18 Å². The quantitative estimate of drug-likeness (QED) is 0.142. The zero-order chi connectivity index (χ0) is 31.8. The summed E-state index contributed by atoms with van der Waals surface area (Å²) in [6.45, 7) is 6.71. The first kappa shape index (κ1) is 30.4. The van der Waals surface area contributed by atoms with E-state index in [4.69, 9.17) is 19.6 Å². The molecule has 45 heavy (non-hydrogen) atoms. The predicted octanol–water partition coefficient (Wildman–Crippen LogP) is 6.17. The molecule has 0 radical (unpaired) electrons. The SMILES string of the molecule is C=CC(=O)N1Cc2cc(-c3nc(-c4ccnc(N(C)C)c4)c4ccsc4c3-c3c(F)cc(F)cc3OCCOC)nn2C[C@H]1C. The summed E-state index contributed by atoms with van der Waals surface area (Å²) in [5.41, 5.74) is 3.71. The highest BCUT2D eigenvalue weighted by Gasteiger charge is 2.30. The third-order valence-corrected chi connectivity index (χ3v) is 8.70. The third kappa shape index (κ3) is 5.67. The van der Waals surface area contributed by atoms with Gasteiger partial charge in [0.05, 0.1) is 36.6 Å². The van der Waals surface area contributed by atoms with Crippen LogP contribution in [0.2, 0.25) is 0 Å². The highest BCUT2D eigenvalue weighted by atomic mass is 32.1. The van der Waals surface area contributed by atoms with E-state index in [0.29, 0.717) is 35.7 Å². The lowest BCUT2D eigenvalue weighted by atomic mass is 9.96. The molecule has 0 aliphatic carbocycles. The number of carbonyl (C=O) groups is 1. The number of ether oxygens (including phenoxy) is 2. The molecule has 1 amide bonds. The Morgan fingerprint density at radius 1 is 1.16 bits per heavy atom. The molecule has 5 heterocycles. The van der Waals surface area contributed by atoms with Gasteiger partial charge in [0.15, 0.2) is 0 Å². The van der Waals surface area contributed by atoms with E-state index in [2.05, 4.69) is 11.6 Å². The number of fused-ring (bicyclic) bond motifs is 2. The van der Waals surface area contributed by atoms with Crippen LogP contribution in [0.3, 0.4) is 0 Å². The number of carbonyl (C=O) groups excluding carboxylic acids is 1. The largest absolute Gasteiger partial charge is 0.490 e. The second-order valence-corrected chi connectivity index (χ2v) is 11.9. The van der Waals surface area contributed by atoms with Crippen LogP contribution < -0.4 is 9.64 Å². The van der Waals surface area contributed by atoms with E-state index < -0.39 is 11.6 Å². The maximum Gasteiger partial charge on any atom is 0.246 e. The van der Waals surface area contributed by atoms with Crippen molar-refractivity contribution in [3.05, 3.63) is 78.0 Å². The number of pyridine rings is 2. The van der Waals surface area contributed by atoms with Crippen LogP contribution >= 0.6 is 11.3 Å². The average molecular weight is 631 g/mol. The van der Waals surface area contributed by atoms with Gasteiger partial charge in [0.2, 0.25) is 5.91 Å². The molecule has 4 aromatic heterocycles. The summed E-state index contributed by atoms with van der Waals surface area (Å²) in [6, 6.07) is 9.55. The van der Waals surface area contributed by atoms with Crippen LogP contribution in [0.25, 0.3) is 43.9 Å². The van der Waals surface area contributed by atoms with Crippen molar-refractivity contribution in [1.82, 2.24) is 24.6 Å². The Bertz CT molecular complexity index is 1920. The van der Waals surface area contributed by atoms with Gasteiger partial charge in [-0.1, -0.05) is 6.58 Å². The molecule has 0 unspecified atom stereocenters. The van der Waals surface area contributed by atoms with E-state index >= 15 is 4.39 Å². The Labute approximate surface area is 263 Å². The standard InChI is InChI=1S/C33H32F2N6O3S/c1-6-28(42)40-18-22-16-25(38-41(22)17-19(40)2)32-30(29-24(35)14-21(34)15-26(29)44-11-10-43-5)33-23(8-12-45-33)31(37-32)20-7-9-36-27(13-20)39(3)4/h6-9,12-16,19H,1,10-11,17-18H2,2-5H3/t19-/m1/s1. The predicted molar refractivity (Wildman–Crippen MR) is 171 cm³/mol. The van der Waals surface area contributed by atoms with Crippen molar-refractivity contribution in [2.45, 2.75) is 26.1 Å². The van der Waals surface area contributed by atoms with Crippen molar-refractivity contribution in [2.24, 2.45) is 0 Å². The first-order chi connectivity index (χ1) is 21.7. The van der Waals surface area contributed by atoms with Gasteiger partial charge in [-0.05, 0) is 42.6 Å². The zero-order valence-corrected chi connectivity index (χ0v) is 26.2. The molecule has 0 spiro atoms. The number of methoxy groups -OCH3 is 1. The first-order valence-corrected chi connectivity index (χ1v) is 15.2. The molecule has 0 N–H and O–H groups in total. The fourth-order valence-electron chi connectivity index (χ4n) is 5.56. The van der Waals surface area contributed by atoms with Crippen molar-refractivity contribution in [1.29, 1.82) is 0 Å². The van der Waals surface area contributed by atoms with Crippen molar-refractivity contribution in [2.75, 3.05) is 39.3 Å². The number of hydrogen-bond acceptors (Lipinski definition) is 8. The Morgan fingerprint density at radius 2 is 1.98 bits per heavy atom. The normalized spacial score (nSPS) is 14.4. The van der Waals surface area contributed by atoms with E-state index in [1.807, 2.05) is 60.2 Å². The molecule has 0 saturated carbocycles. The second-order valence-electron chi connectivity index (χ2n) is 11.0. The highest BCUT2D eigenvalue weighted by Crippen LogP contribution is 2.47. The van der Waals surface area contributed by atoms with Gasteiger partial charge in [0, 0.05) is 66.8 Å². The van der Waals surface area contributed by atoms with Gasteiger partial charge >= 0.3 is 0 Å². The number of amides is 1. The Hall–Kier alpha value is -4.68. The minimum Gasteiger partial charge on any atom is -0.490 e. The van der Waals surface area contributed by atoms with Crippen molar-refractivity contribution in [3.63, 3.8) is 0 Å². The van der Waals surface area contributed by atoms with Crippen LogP contribution in [0.15, 0.2) is 60.6 Å². The van der Waals surface area contributed by atoms with Crippen LogP contribution in [-0.4, -0.2) is 71.0 Å². The van der Waals surface area contributed by atoms with E-state index in [-0.39, 0.29) is 36.5 Å². The van der Waals surface area contributed by atoms with Crippen LogP contribution in [0.4, 0.5) is 14.6 Å². The minimum absolute atomic E-state index is 0.0363. The number of nitrogens with zero attached hydrogens (tertiary/aromatic N) is 6. The lowest BCUT2D eigenvalue weighted by Gasteiger charge is -2.33. The van der Waals surface area contributed by atoms with Gasteiger partial charge in [-0.2, -0.15) is 5.10 Å². The number of aromatic nitrogens is 4. The number of anilines is 1. The summed E-state index contributed by atoms with van der Waals surface area (Å²) in [5.74, 6) is -0.928. The zero-order valence-electron chi connectivity index (χ0n) is 25.4. The summed E-state index contributed by atoms with van der Waals surface area (Å²) in [4.78, 5) is 25.8. The minimum atomic E-state index is -0.785. The fraction of sp³-hybridized carbons (Fsp3) is 0.273. The lowest BCUT2D eigenvalue weighted by molar-refractivity contribution is -0.129. The number of benzene rings is 1. The monoisotopic (exact) mass is 630 g/mol. The third-order valence-electron chi connectivity index (χ3n) is 7.76. The number of thiophene rings is 1. The molecule has 6 rings (SSSR count). The van der Waals surface area contributed by atoms with Gasteiger partial charge < -0.3 is 19.3 Å². The van der Waals surface area contributed by atoms with Gasteiger partial charge in [-0.15, -0.1) is 11.3 Å². The fourth-order valence-corrected chi connectivity index (χ4v) is 6.51. The smallest absolute Gasteiger partial charge is 0.246 e. The maximum absolute atomic E-state index is 16.0. The average Bonchev–Trinajstić information content (AvgIpc) is 3.67. The molecule has 5 aromatic rings. The molecule has 0 saturated heterocycles. The number of rotatable bonds is 9. The Kier molecular flexibility index (Phi) is 8.34. The van der Waals surface area contributed by atoms with Crippen LogP contribution in [-0.2, 0) is 22.6 Å². The maximum atomic E-state index is 16.0. The summed E-state index contributed by atoms with van der Waals surface area (Å²) in [7, 11) is 5.35. The molecule has 9 nitrogen and oxygen atoms in total. The highest BCUT2D eigenvalue weighted by molar-refractivity contribution is 7.18. The van der Waals surface area contributed by atoms with Crippen molar-refractivity contribution >= 4 is 33.1 Å². The van der Waals surface area contributed by atoms with Gasteiger partial charge in [-0.25, -0.2) is 18.7 Å². The van der Waals surface area contributed by atoms with Crippen molar-refractivity contribution in [3.8, 4) is 39.5 Å². The van der Waals surface area contributed by atoms with E-state index in [1.165, 1.54) is 30.6 Å². The second kappa shape index (κ2) is 12.4. The number of halogens is 2. The molecule has 12 heteroatoms. The number of hydrogen-bond donors (Lipinski definition) is 0. The summed E-state index contributed by atoms with van der Waals surface area (Å²) in [6.07, 6.45) is 3.03. The van der Waals surface area contributed by atoms with E-state index in [0.717, 1.165) is 33.2 Å². The topological polar surface area (TPSA) is 85.6 Å². The molecule has 0 fully saturated rings. The van der Waals surface area contributed by atoms with Gasteiger partial charge in [0.1, 0.15) is 41.2 Å². The van der Waals surface area contributed by atoms with Crippen molar-refractivity contribution < 1.29 is 23.0 Å². The van der Waals surface area contributed by atoms with Crippen LogP contribution in [0.1, 0.15) is 12.6 Å². The molecular formula is C33H32F2N6O3S. The lowest BCUT2D eigenvalue weighted by Crippen LogP contribution is -2.44. The molecule has 1 aliphatic heterocycles. The Balaban J connectivity index is 1.63. The van der Waals surface area contributed by atoms with Gasteiger partial charge in [0.25, 0.3) is 0 Å². The molecule has 0 bridgehead atoms. The summed E-state index contributed by atoms with van der Waals surface area (Å²) >= 11 is 1.42. The Morgan fingerprint density at radius 3 is 2.73 bits per heavy atom. The first-order valence-electron chi connectivity index (χ1n) is 14.4. The molecule has 1 aliphatic rings. The molecular weight excluding hydrogens is 598 g/mol. The van der Waals surface area contributed by atoms with Crippen LogP contribution in [0, 0.1) is 11.6 Å². The molecule has 232 valence electrons. The molecule has 1 atom stereocenters.